The third-order valence-corrected chi connectivity index (χ3v) is 3.65. The molecule has 2 rings (SSSR count). The molecule has 0 spiro atoms. The summed E-state index contributed by atoms with van der Waals surface area (Å²) in [5.41, 5.74) is 1.29. The molecule has 1 fully saturated rings. The van der Waals surface area contributed by atoms with E-state index < -0.39 is 0 Å². The van der Waals surface area contributed by atoms with E-state index in [0.29, 0.717) is 12.1 Å². The summed E-state index contributed by atoms with van der Waals surface area (Å²) in [6.45, 7) is 4.60. The Hall–Kier alpha value is -0.830. The highest BCUT2D eigenvalue weighted by molar-refractivity contribution is 5.09. The molecular formula is C13H23N3. The Morgan fingerprint density at radius 1 is 1.50 bits per heavy atom. The standard InChI is InChI=1S/C13H23N3/c1-10-5-4-6-13(7-10)15-11(2)12-8-14-16(3)9-12/h8-11,13,15H,4-7H2,1-3H3. The molecule has 16 heavy (non-hydrogen) atoms. The van der Waals surface area contributed by atoms with E-state index in [1.54, 1.807) is 0 Å². The third kappa shape index (κ3) is 2.85. The van der Waals surface area contributed by atoms with Crippen LogP contribution in [0.1, 0.15) is 51.1 Å². The smallest absolute Gasteiger partial charge is 0.0537 e. The Labute approximate surface area is 98.2 Å². The molecule has 3 heteroatoms. The highest BCUT2D eigenvalue weighted by Crippen LogP contribution is 2.25. The quantitative estimate of drug-likeness (QED) is 0.850. The lowest BCUT2D eigenvalue weighted by Crippen LogP contribution is -2.35. The Morgan fingerprint density at radius 3 is 2.94 bits per heavy atom. The number of hydrogen-bond acceptors (Lipinski definition) is 2. The normalized spacial score (nSPS) is 27.9. The van der Waals surface area contributed by atoms with Gasteiger partial charge in [0.15, 0.2) is 0 Å². The lowest BCUT2D eigenvalue weighted by Gasteiger charge is -2.29. The lowest BCUT2D eigenvalue weighted by molar-refractivity contribution is 0.285. The van der Waals surface area contributed by atoms with Crippen LogP contribution in [0.2, 0.25) is 0 Å². The van der Waals surface area contributed by atoms with E-state index >= 15 is 0 Å². The summed E-state index contributed by atoms with van der Waals surface area (Å²) in [7, 11) is 1.97. The number of nitrogens with zero attached hydrogens (tertiary/aromatic N) is 2. The molecular weight excluding hydrogens is 198 g/mol. The first kappa shape index (κ1) is 11.6. The van der Waals surface area contributed by atoms with Crippen LogP contribution in [0.3, 0.4) is 0 Å². The van der Waals surface area contributed by atoms with Gasteiger partial charge in [0.05, 0.1) is 6.20 Å². The van der Waals surface area contributed by atoms with E-state index in [-0.39, 0.29) is 0 Å². The van der Waals surface area contributed by atoms with Crippen molar-refractivity contribution >= 4 is 0 Å². The van der Waals surface area contributed by atoms with E-state index in [9.17, 15) is 0 Å². The largest absolute Gasteiger partial charge is 0.307 e. The van der Waals surface area contributed by atoms with Gasteiger partial charge in [-0.3, -0.25) is 4.68 Å². The topological polar surface area (TPSA) is 29.9 Å². The van der Waals surface area contributed by atoms with Crippen molar-refractivity contribution in [1.82, 2.24) is 15.1 Å². The number of hydrogen-bond donors (Lipinski definition) is 1. The number of nitrogens with one attached hydrogen (secondary N) is 1. The van der Waals surface area contributed by atoms with Gasteiger partial charge in [-0.25, -0.2) is 0 Å². The second kappa shape index (κ2) is 5.00. The summed E-state index contributed by atoms with van der Waals surface area (Å²) < 4.78 is 1.87. The van der Waals surface area contributed by atoms with Gasteiger partial charge in [-0.05, 0) is 25.7 Å². The maximum Gasteiger partial charge on any atom is 0.0537 e. The van der Waals surface area contributed by atoms with Crippen molar-refractivity contribution in [1.29, 1.82) is 0 Å². The van der Waals surface area contributed by atoms with E-state index in [1.165, 1.54) is 31.2 Å². The average Bonchev–Trinajstić information content (AvgIpc) is 2.65. The zero-order valence-electron chi connectivity index (χ0n) is 10.6. The molecule has 0 bridgehead atoms. The Balaban J connectivity index is 1.89. The molecule has 1 aliphatic rings. The zero-order chi connectivity index (χ0) is 11.5. The molecule has 1 aromatic rings. The van der Waals surface area contributed by atoms with Crippen LogP contribution in [-0.2, 0) is 7.05 Å². The lowest BCUT2D eigenvalue weighted by atomic mass is 9.86. The van der Waals surface area contributed by atoms with Crippen LogP contribution in [0.4, 0.5) is 0 Å². The third-order valence-electron chi connectivity index (χ3n) is 3.65. The maximum absolute atomic E-state index is 4.22. The van der Waals surface area contributed by atoms with Crippen molar-refractivity contribution in [3.63, 3.8) is 0 Å². The Kier molecular flexibility index (Phi) is 3.64. The maximum atomic E-state index is 4.22. The number of rotatable bonds is 3. The minimum absolute atomic E-state index is 0.420. The fraction of sp³-hybridized carbons (Fsp3) is 0.769. The molecule has 90 valence electrons. The molecule has 1 aromatic heterocycles. The van der Waals surface area contributed by atoms with Crippen molar-refractivity contribution in [3.05, 3.63) is 18.0 Å². The minimum Gasteiger partial charge on any atom is -0.307 e. The van der Waals surface area contributed by atoms with Crippen molar-refractivity contribution in [2.75, 3.05) is 0 Å². The van der Waals surface area contributed by atoms with E-state index in [0.717, 1.165) is 5.92 Å². The molecule has 0 aliphatic heterocycles. The second-order valence-electron chi connectivity index (χ2n) is 5.30. The van der Waals surface area contributed by atoms with Crippen LogP contribution in [-0.4, -0.2) is 15.8 Å². The number of aryl methyl sites for hydroxylation is 1. The predicted molar refractivity (Wildman–Crippen MR) is 66.2 cm³/mol. The van der Waals surface area contributed by atoms with Gasteiger partial charge in [0.1, 0.15) is 0 Å². The van der Waals surface area contributed by atoms with Crippen LogP contribution < -0.4 is 5.32 Å². The molecule has 1 N–H and O–H groups in total. The molecule has 0 radical (unpaired) electrons. The Morgan fingerprint density at radius 2 is 2.31 bits per heavy atom. The average molecular weight is 221 g/mol. The van der Waals surface area contributed by atoms with Crippen molar-refractivity contribution in [2.45, 2.75) is 51.6 Å². The molecule has 3 nitrogen and oxygen atoms in total. The monoisotopic (exact) mass is 221 g/mol. The second-order valence-corrected chi connectivity index (χ2v) is 5.30. The summed E-state index contributed by atoms with van der Waals surface area (Å²) in [4.78, 5) is 0. The van der Waals surface area contributed by atoms with Gasteiger partial charge in [0.2, 0.25) is 0 Å². The first-order chi connectivity index (χ1) is 7.65. The highest BCUT2D eigenvalue weighted by atomic mass is 15.2. The molecule has 1 heterocycles. The van der Waals surface area contributed by atoms with Gasteiger partial charge in [-0.1, -0.05) is 19.8 Å². The molecule has 3 atom stereocenters. The highest BCUT2D eigenvalue weighted by Gasteiger charge is 2.20. The minimum atomic E-state index is 0.420. The summed E-state index contributed by atoms with van der Waals surface area (Å²) in [6.07, 6.45) is 9.49. The van der Waals surface area contributed by atoms with E-state index in [1.807, 2.05) is 17.9 Å². The number of aromatic nitrogens is 2. The van der Waals surface area contributed by atoms with Crippen molar-refractivity contribution in [2.24, 2.45) is 13.0 Å². The van der Waals surface area contributed by atoms with Gasteiger partial charge in [-0.15, -0.1) is 0 Å². The Bertz CT molecular complexity index is 332. The molecule has 1 aliphatic carbocycles. The van der Waals surface area contributed by atoms with Gasteiger partial charge in [0, 0.05) is 30.9 Å². The van der Waals surface area contributed by atoms with Gasteiger partial charge in [0.25, 0.3) is 0 Å². The van der Waals surface area contributed by atoms with Crippen molar-refractivity contribution in [3.8, 4) is 0 Å². The summed E-state index contributed by atoms with van der Waals surface area (Å²) in [6, 6.07) is 1.11. The first-order valence-electron chi connectivity index (χ1n) is 6.39. The van der Waals surface area contributed by atoms with Gasteiger partial charge in [-0.2, -0.15) is 5.10 Å². The van der Waals surface area contributed by atoms with Crippen LogP contribution in [0.25, 0.3) is 0 Å². The summed E-state index contributed by atoms with van der Waals surface area (Å²) >= 11 is 0. The van der Waals surface area contributed by atoms with E-state index in [2.05, 4.69) is 30.5 Å². The van der Waals surface area contributed by atoms with Crippen LogP contribution >= 0.6 is 0 Å². The van der Waals surface area contributed by atoms with Crippen LogP contribution in [0.5, 0.6) is 0 Å². The molecule has 1 saturated carbocycles. The summed E-state index contributed by atoms with van der Waals surface area (Å²) in [5, 5.41) is 7.95. The fourth-order valence-corrected chi connectivity index (χ4v) is 2.70. The SMILES string of the molecule is CC1CCCC(NC(C)c2cnn(C)c2)C1. The van der Waals surface area contributed by atoms with Crippen LogP contribution in [0, 0.1) is 5.92 Å². The van der Waals surface area contributed by atoms with Gasteiger partial charge < -0.3 is 5.32 Å². The van der Waals surface area contributed by atoms with Crippen LogP contribution in [0.15, 0.2) is 12.4 Å². The molecule has 0 aromatic carbocycles. The summed E-state index contributed by atoms with van der Waals surface area (Å²) in [5.74, 6) is 0.882. The van der Waals surface area contributed by atoms with Gasteiger partial charge >= 0.3 is 0 Å². The predicted octanol–water partition coefficient (Wildman–Crippen LogP) is 2.65. The van der Waals surface area contributed by atoms with E-state index in [4.69, 9.17) is 0 Å². The molecule has 0 saturated heterocycles. The zero-order valence-corrected chi connectivity index (χ0v) is 10.6. The fourth-order valence-electron chi connectivity index (χ4n) is 2.70. The first-order valence-corrected chi connectivity index (χ1v) is 6.39. The van der Waals surface area contributed by atoms with Crippen molar-refractivity contribution < 1.29 is 0 Å². The molecule has 0 amide bonds. The molecule has 3 unspecified atom stereocenters.